The van der Waals surface area contributed by atoms with Crippen LogP contribution >= 0.6 is 23.4 Å². The van der Waals surface area contributed by atoms with E-state index in [4.69, 9.17) is 11.6 Å². The van der Waals surface area contributed by atoms with E-state index < -0.39 is 0 Å². The van der Waals surface area contributed by atoms with Crippen LogP contribution in [0.5, 0.6) is 0 Å². The molecule has 1 unspecified atom stereocenters. The highest BCUT2D eigenvalue weighted by molar-refractivity contribution is 8.00. The van der Waals surface area contributed by atoms with Crippen molar-refractivity contribution in [1.29, 1.82) is 0 Å². The van der Waals surface area contributed by atoms with Gasteiger partial charge in [0.05, 0.1) is 0 Å². The zero-order valence-electron chi connectivity index (χ0n) is 11.4. The van der Waals surface area contributed by atoms with Gasteiger partial charge < -0.3 is 5.32 Å². The second kappa shape index (κ2) is 6.78. The monoisotopic (exact) mass is 289 g/mol. The molecule has 0 aliphatic carbocycles. The lowest BCUT2D eigenvalue weighted by atomic mass is 10.1. The molecule has 18 heavy (non-hydrogen) atoms. The minimum atomic E-state index is -0.180. The Morgan fingerprint density at radius 2 is 2.06 bits per heavy atom. The Morgan fingerprint density at radius 3 is 2.61 bits per heavy atom. The molecule has 1 aromatic carbocycles. The van der Waals surface area contributed by atoms with Gasteiger partial charge in [-0.3, -0.25) is 0 Å². The molecule has 0 saturated carbocycles. The number of nitrogens with one attached hydrogen (secondary N) is 1. The van der Waals surface area contributed by atoms with Gasteiger partial charge in [0.2, 0.25) is 0 Å². The lowest BCUT2D eigenvalue weighted by Gasteiger charge is -2.23. The summed E-state index contributed by atoms with van der Waals surface area (Å²) in [6.07, 6.45) is 0.659. The van der Waals surface area contributed by atoms with E-state index in [1.807, 2.05) is 18.8 Å². The average Bonchev–Trinajstić information content (AvgIpc) is 2.27. The van der Waals surface area contributed by atoms with Crippen molar-refractivity contribution in [3.8, 4) is 0 Å². The summed E-state index contributed by atoms with van der Waals surface area (Å²) in [6.45, 7) is 6.55. The fraction of sp³-hybridized carbons (Fsp3) is 0.571. The lowest BCUT2D eigenvalue weighted by molar-refractivity contribution is 0.567. The third kappa shape index (κ3) is 5.59. The van der Waals surface area contributed by atoms with E-state index in [0.29, 0.717) is 17.0 Å². The van der Waals surface area contributed by atoms with Crippen molar-refractivity contribution in [2.75, 3.05) is 12.8 Å². The highest BCUT2D eigenvalue weighted by Gasteiger charge is 2.16. The molecular weight excluding hydrogens is 269 g/mol. The van der Waals surface area contributed by atoms with Crippen LogP contribution in [0.2, 0.25) is 5.02 Å². The Labute approximate surface area is 118 Å². The Bertz CT molecular complexity index is 390. The quantitative estimate of drug-likeness (QED) is 0.874. The highest BCUT2D eigenvalue weighted by Crippen LogP contribution is 2.25. The van der Waals surface area contributed by atoms with Gasteiger partial charge in [-0.2, -0.15) is 11.8 Å². The van der Waals surface area contributed by atoms with E-state index in [1.54, 1.807) is 12.1 Å². The second-order valence-electron chi connectivity index (χ2n) is 5.35. The molecule has 0 aliphatic heterocycles. The van der Waals surface area contributed by atoms with E-state index >= 15 is 0 Å². The molecule has 1 aromatic rings. The van der Waals surface area contributed by atoms with Gasteiger partial charge >= 0.3 is 0 Å². The molecule has 0 saturated heterocycles. The number of thioether (sulfide) groups is 1. The van der Waals surface area contributed by atoms with Crippen molar-refractivity contribution in [3.63, 3.8) is 0 Å². The van der Waals surface area contributed by atoms with Crippen molar-refractivity contribution in [2.24, 2.45) is 0 Å². The molecule has 0 spiro atoms. The van der Waals surface area contributed by atoms with Crippen LogP contribution in [0.4, 0.5) is 4.39 Å². The van der Waals surface area contributed by atoms with Gasteiger partial charge in [0, 0.05) is 21.6 Å². The van der Waals surface area contributed by atoms with Crippen molar-refractivity contribution in [1.82, 2.24) is 5.32 Å². The first-order valence-corrected chi connectivity index (χ1v) is 7.43. The first-order chi connectivity index (χ1) is 8.31. The third-order valence-corrected chi connectivity index (χ3v) is 4.27. The summed E-state index contributed by atoms with van der Waals surface area (Å²) in [5.41, 5.74) is 0.677. The minimum absolute atomic E-state index is 0.180. The summed E-state index contributed by atoms with van der Waals surface area (Å²) in [5, 5.41) is 3.83. The third-order valence-electron chi connectivity index (χ3n) is 2.60. The van der Waals surface area contributed by atoms with Gasteiger partial charge in [0.1, 0.15) is 5.82 Å². The van der Waals surface area contributed by atoms with Crippen molar-refractivity contribution in [3.05, 3.63) is 34.6 Å². The van der Waals surface area contributed by atoms with E-state index in [0.717, 1.165) is 5.75 Å². The number of halogens is 2. The molecule has 0 amide bonds. The van der Waals surface area contributed by atoms with Crippen LogP contribution < -0.4 is 5.32 Å². The maximum atomic E-state index is 13.6. The van der Waals surface area contributed by atoms with E-state index in [2.05, 4.69) is 26.1 Å². The highest BCUT2D eigenvalue weighted by atomic mass is 35.5. The molecule has 1 nitrogen and oxygen atoms in total. The first kappa shape index (κ1) is 15.8. The Balaban J connectivity index is 2.65. The molecular formula is C14H21ClFNS. The zero-order chi connectivity index (χ0) is 13.8. The molecule has 0 heterocycles. The fourth-order valence-electron chi connectivity index (χ4n) is 1.56. The molecule has 4 heteroatoms. The van der Waals surface area contributed by atoms with Gasteiger partial charge in [-0.25, -0.2) is 4.39 Å². The number of benzene rings is 1. The normalized spacial score (nSPS) is 13.7. The van der Waals surface area contributed by atoms with Crippen molar-refractivity contribution < 1.29 is 4.39 Å². The molecule has 102 valence electrons. The van der Waals surface area contributed by atoms with Crippen molar-refractivity contribution in [2.45, 2.75) is 38.0 Å². The van der Waals surface area contributed by atoms with Gasteiger partial charge in [0.15, 0.2) is 0 Å². The Morgan fingerprint density at radius 1 is 1.39 bits per heavy atom. The summed E-state index contributed by atoms with van der Waals surface area (Å²) >= 11 is 7.78. The van der Waals surface area contributed by atoms with Gasteiger partial charge in [-0.1, -0.05) is 32.4 Å². The minimum Gasteiger partial charge on any atom is -0.316 e. The number of hydrogen-bond donors (Lipinski definition) is 1. The van der Waals surface area contributed by atoms with Gasteiger partial charge in [0.25, 0.3) is 0 Å². The van der Waals surface area contributed by atoms with Crippen LogP contribution in [0.15, 0.2) is 18.2 Å². The Kier molecular flexibility index (Phi) is 5.96. The molecule has 0 radical (unpaired) electrons. The van der Waals surface area contributed by atoms with E-state index in [-0.39, 0.29) is 16.6 Å². The topological polar surface area (TPSA) is 12.0 Å². The predicted molar refractivity (Wildman–Crippen MR) is 80.2 cm³/mol. The smallest absolute Gasteiger partial charge is 0.126 e. The van der Waals surface area contributed by atoms with Gasteiger partial charge in [-0.15, -0.1) is 0 Å². The SMILES string of the molecule is CNC(CSC(C)(C)C)Cc1cc(Cl)ccc1F. The number of rotatable bonds is 5. The zero-order valence-corrected chi connectivity index (χ0v) is 13.0. The van der Waals surface area contributed by atoms with Crippen LogP contribution in [-0.2, 0) is 6.42 Å². The summed E-state index contributed by atoms with van der Waals surface area (Å²) in [4.78, 5) is 0. The molecule has 0 bridgehead atoms. The predicted octanol–water partition coefficient (Wildman–Crippen LogP) is 4.14. The molecule has 1 atom stereocenters. The first-order valence-electron chi connectivity index (χ1n) is 6.07. The average molecular weight is 290 g/mol. The Hall–Kier alpha value is -0.250. The standard InChI is InChI=1S/C14H21ClFNS/c1-14(2,3)18-9-12(17-4)8-10-7-11(15)5-6-13(10)16/h5-7,12,17H,8-9H2,1-4H3. The summed E-state index contributed by atoms with van der Waals surface area (Å²) in [7, 11) is 1.91. The maximum Gasteiger partial charge on any atom is 0.126 e. The molecule has 0 aromatic heterocycles. The maximum absolute atomic E-state index is 13.6. The van der Waals surface area contributed by atoms with Crippen LogP contribution in [0.1, 0.15) is 26.3 Å². The van der Waals surface area contributed by atoms with Gasteiger partial charge in [-0.05, 0) is 37.2 Å². The van der Waals surface area contributed by atoms with Crippen LogP contribution in [0, 0.1) is 5.82 Å². The molecule has 0 aliphatic rings. The molecule has 1 N–H and O–H groups in total. The molecule has 0 fully saturated rings. The van der Waals surface area contributed by atoms with Crippen LogP contribution in [-0.4, -0.2) is 23.6 Å². The second-order valence-corrected chi connectivity index (χ2v) is 7.63. The molecule has 1 rings (SSSR count). The fourth-order valence-corrected chi connectivity index (χ4v) is 2.74. The summed E-state index contributed by atoms with van der Waals surface area (Å²) < 4.78 is 13.9. The summed E-state index contributed by atoms with van der Waals surface area (Å²) in [6, 6.07) is 4.98. The van der Waals surface area contributed by atoms with E-state index in [9.17, 15) is 4.39 Å². The lowest BCUT2D eigenvalue weighted by Crippen LogP contribution is -2.32. The van der Waals surface area contributed by atoms with Crippen LogP contribution in [0.3, 0.4) is 0 Å². The number of hydrogen-bond acceptors (Lipinski definition) is 2. The summed E-state index contributed by atoms with van der Waals surface area (Å²) in [5.74, 6) is 0.770. The largest absolute Gasteiger partial charge is 0.316 e. The van der Waals surface area contributed by atoms with E-state index in [1.165, 1.54) is 6.07 Å². The van der Waals surface area contributed by atoms with Crippen LogP contribution in [0.25, 0.3) is 0 Å². The van der Waals surface area contributed by atoms with Crippen molar-refractivity contribution >= 4 is 23.4 Å². The number of likely N-dealkylation sites (N-methyl/N-ethyl adjacent to an activating group) is 1.